The molecule has 0 radical (unpaired) electrons. The molecule has 2 fully saturated rings. The summed E-state index contributed by atoms with van der Waals surface area (Å²) in [6.45, 7) is 8.56. The number of hydrogen-bond acceptors (Lipinski definition) is 2. The van der Waals surface area contributed by atoms with Crippen LogP contribution in [0.3, 0.4) is 0 Å². The first-order chi connectivity index (χ1) is 7.00. The number of nitrogens with one attached hydrogen (secondary N) is 2. The fraction of sp³-hybridized carbons (Fsp3) is 1.00. The first-order valence-electron chi connectivity index (χ1n) is 6.41. The van der Waals surface area contributed by atoms with Gasteiger partial charge >= 0.3 is 0 Å². The van der Waals surface area contributed by atoms with E-state index >= 15 is 0 Å². The van der Waals surface area contributed by atoms with Crippen molar-refractivity contribution < 1.29 is 0 Å². The zero-order valence-corrected chi connectivity index (χ0v) is 10.1. The zero-order chi connectivity index (χ0) is 10.5. The summed E-state index contributed by atoms with van der Waals surface area (Å²) in [5.74, 6) is 0. The van der Waals surface area contributed by atoms with Crippen molar-refractivity contribution in [3.8, 4) is 0 Å². The molecule has 1 aliphatic carbocycles. The molecule has 0 spiro atoms. The van der Waals surface area contributed by atoms with Crippen LogP contribution in [-0.2, 0) is 0 Å². The van der Waals surface area contributed by atoms with E-state index in [1.807, 2.05) is 13.8 Å². The molecule has 2 rings (SSSR count). The van der Waals surface area contributed by atoms with Crippen molar-refractivity contribution in [3.63, 3.8) is 0 Å². The highest BCUT2D eigenvalue weighted by molar-refractivity contribution is 4.59. The van der Waals surface area contributed by atoms with Crippen LogP contribution in [0.5, 0.6) is 0 Å². The second-order valence-corrected chi connectivity index (χ2v) is 3.62. The standard InChI is InChI=1S/C6H12.C4H10N2.C2H6/c1-2-4-6-5-3-1;1-2-6-4-3-5-1;1-2/h1-6H2;5-6H,1-4H2;1-2H3. The minimum atomic E-state index is 1.14. The van der Waals surface area contributed by atoms with Crippen LogP contribution in [0.2, 0.25) is 0 Å². The maximum absolute atomic E-state index is 3.22. The van der Waals surface area contributed by atoms with Crippen LogP contribution in [0.15, 0.2) is 0 Å². The molecule has 0 aromatic rings. The van der Waals surface area contributed by atoms with Gasteiger partial charge in [0.1, 0.15) is 0 Å². The third-order valence-corrected chi connectivity index (χ3v) is 2.46. The summed E-state index contributed by atoms with van der Waals surface area (Å²) in [7, 11) is 0. The summed E-state index contributed by atoms with van der Waals surface area (Å²) >= 11 is 0. The Morgan fingerprint density at radius 2 is 0.714 bits per heavy atom. The molecule has 2 N–H and O–H groups in total. The van der Waals surface area contributed by atoms with Crippen LogP contribution in [-0.4, -0.2) is 26.2 Å². The summed E-state index contributed by atoms with van der Waals surface area (Å²) < 4.78 is 0. The van der Waals surface area contributed by atoms with Crippen molar-refractivity contribution in [2.45, 2.75) is 52.4 Å². The molecule has 2 aliphatic rings. The summed E-state index contributed by atoms with van der Waals surface area (Å²) in [4.78, 5) is 0. The van der Waals surface area contributed by atoms with Gasteiger partial charge in [-0.25, -0.2) is 0 Å². The number of hydrogen-bond donors (Lipinski definition) is 2. The Morgan fingerprint density at radius 3 is 0.857 bits per heavy atom. The largest absolute Gasteiger partial charge is 0.314 e. The highest BCUT2D eigenvalue weighted by Gasteiger charge is 1.95. The van der Waals surface area contributed by atoms with Gasteiger partial charge in [0.15, 0.2) is 0 Å². The van der Waals surface area contributed by atoms with Crippen LogP contribution in [0.4, 0.5) is 0 Å². The first-order valence-corrected chi connectivity index (χ1v) is 6.41. The molecule has 14 heavy (non-hydrogen) atoms. The molecule has 0 unspecified atom stereocenters. The highest BCUT2D eigenvalue weighted by atomic mass is 15.0. The van der Waals surface area contributed by atoms with E-state index in [1.54, 1.807) is 0 Å². The van der Waals surface area contributed by atoms with Crippen molar-refractivity contribution in [2.75, 3.05) is 26.2 Å². The van der Waals surface area contributed by atoms with Crippen LogP contribution in [0.25, 0.3) is 0 Å². The van der Waals surface area contributed by atoms with Crippen LogP contribution < -0.4 is 10.6 Å². The zero-order valence-electron chi connectivity index (χ0n) is 10.1. The van der Waals surface area contributed by atoms with E-state index in [-0.39, 0.29) is 0 Å². The second-order valence-electron chi connectivity index (χ2n) is 3.62. The topological polar surface area (TPSA) is 24.1 Å². The maximum atomic E-state index is 3.22. The molecular formula is C12H28N2. The average molecular weight is 200 g/mol. The lowest BCUT2D eigenvalue weighted by Gasteiger charge is -2.11. The number of piperazine rings is 1. The van der Waals surface area contributed by atoms with Crippen molar-refractivity contribution in [2.24, 2.45) is 0 Å². The molecule has 0 amide bonds. The van der Waals surface area contributed by atoms with Gasteiger partial charge in [-0.05, 0) is 0 Å². The molecule has 2 nitrogen and oxygen atoms in total. The molecule has 0 bridgehead atoms. The van der Waals surface area contributed by atoms with Crippen LogP contribution in [0.1, 0.15) is 52.4 Å². The Balaban J connectivity index is 0.000000206. The molecule has 1 saturated carbocycles. The average Bonchev–Trinajstić information content (AvgIpc) is 2.37. The van der Waals surface area contributed by atoms with Crippen molar-refractivity contribution in [1.29, 1.82) is 0 Å². The molecule has 2 heteroatoms. The Bertz CT molecular complexity index is 51.3. The normalized spacial score (nSPS) is 21.0. The molecular weight excluding hydrogens is 172 g/mol. The van der Waals surface area contributed by atoms with E-state index in [0.29, 0.717) is 0 Å². The Labute approximate surface area is 89.9 Å². The van der Waals surface area contributed by atoms with Gasteiger partial charge in [0.25, 0.3) is 0 Å². The second kappa shape index (κ2) is 12.9. The van der Waals surface area contributed by atoms with E-state index in [4.69, 9.17) is 0 Å². The fourth-order valence-corrected chi connectivity index (χ4v) is 1.66. The lowest BCUT2D eigenvalue weighted by Crippen LogP contribution is -2.39. The number of rotatable bonds is 0. The summed E-state index contributed by atoms with van der Waals surface area (Å²) in [5, 5.41) is 6.44. The molecule has 0 atom stereocenters. The molecule has 1 heterocycles. The lowest BCUT2D eigenvalue weighted by molar-refractivity contribution is 0.504. The lowest BCUT2D eigenvalue weighted by atomic mass is 10.0. The van der Waals surface area contributed by atoms with E-state index < -0.39 is 0 Å². The van der Waals surface area contributed by atoms with Crippen LogP contribution >= 0.6 is 0 Å². The van der Waals surface area contributed by atoms with E-state index in [0.717, 1.165) is 26.2 Å². The molecule has 0 aromatic heterocycles. The van der Waals surface area contributed by atoms with Gasteiger partial charge < -0.3 is 10.6 Å². The Morgan fingerprint density at radius 1 is 0.500 bits per heavy atom. The molecule has 1 saturated heterocycles. The van der Waals surface area contributed by atoms with Gasteiger partial charge in [0.2, 0.25) is 0 Å². The van der Waals surface area contributed by atoms with Gasteiger partial charge in [-0.1, -0.05) is 52.4 Å². The first kappa shape index (κ1) is 13.9. The summed E-state index contributed by atoms with van der Waals surface area (Å²) in [6.07, 6.45) is 9.00. The van der Waals surface area contributed by atoms with Crippen molar-refractivity contribution in [1.82, 2.24) is 10.6 Å². The smallest absolute Gasteiger partial charge is 0.00772 e. The van der Waals surface area contributed by atoms with Crippen molar-refractivity contribution in [3.05, 3.63) is 0 Å². The monoisotopic (exact) mass is 200 g/mol. The minimum Gasteiger partial charge on any atom is -0.314 e. The fourth-order valence-electron chi connectivity index (χ4n) is 1.66. The Kier molecular flexibility index (Phi) is 12.8. The SMILES string of the molecule is C1CCCCC1.C1CNCCN1.CC. The van der Waals surface area contributed by atoms with Gasteiger partial charge in [0, 0.05) is 26.2 Å². The van der Waals surface area contributed by atoms with Gasteiger partial charge in [-0.15, -0.1) is 0 Å². The van der Waals surface area contributed by atoms with Gasteiger partial charge in [0.05, 0.1) is 0 Å². The third-order valence-electron chi connectivity index (χ3n) is 2.46. The predicted molar refractivity (Wildman–Crippen MR) is 64.8 cm³/mol. The van der Waals surface area contributed by atoms with E-state index in [1.165, 1.54) is 38.5 Å². The highest BCUT2D eigenvalue weighted by Crippen LogP contribution is 2.15. The predicted octanol–water partition coefficient (Wildman–Crippen LogP) is 2.55. The molecule has 1 aliphatic heterocycles. The van der Waals surface area contributed by atoms with E-state index in [9.17, 15) is 0 Å². The maximum Gasteiger partial charge on any atom is 0.00772 e. The van der Waals surface area contributed by atoms with Gasteiger partial charge in [-0.2, -0.15) is 0 Å². The summed E-state index contributed by atoms with van der Waals surface area (Å²) in [6, 6.07) is 0. The quantitative estimate of drug-likeness (QED) is 0.628. The van der Waals surface area contributed by atoms with Crippen molar-refractivity contribution >= 4 is 0 Å². The van der Waals surface area contributed by atoms with Crippen LogP contribution in [0, 0.1) is 0 Å². The third kappa shape index (κ3) is 10.0. The molecule has 86 valence electrons. The molecule has 0 aromatic carbocycles. The van der Waals surface area contributed by atoms with E-state index in [2.05, 4.69) is 10.6 Å². The minimum absolute atomic E-state index is 1.14. The van der Waals surface area contributed by atoms with Gasteiger partial charge in [-0.3, -0.25) is 0 Å². The summed E-state index contributed by atoms with van der Waals surface area (Å²) in [5.41, 5.74) is 0. The Hall–Kier alpha value is -0.0800.